The van der Waals surface area contributed by atoms with Crippen LogP contribution in [0.15, 0.2) is 41.7 Å². The van der Waals surface area contributed by atoms with Gasteiger partial charge in [-0.1, -0.05) is 6.92 Å². The molecule has 0 aliphatic carbocycles. The Morgan fingerprint density at radius 1 is 1.27 bits per heavy atom. The molecule has 2 aromatic heterocycles. The zero-order valence-corrected chi connectivity index (χ0v) is 17.7. The Morgan fingerprint density at radius 2 is 2.10 bits per heavy atom. The lowest BCUT2D eigenvalue weighted by Crippen LogP contribution is -2.41. The van der Waals surface area contributed by atoms with E-state index in [0.29, 0.717) is 25.1 Å². The molecule has 0 radical (unpaired) electrons. The molecule has 1 atom stereocenters. The SMILES string of the molecule is CCc1cc(N2CCO[C@H](C)C2)cc(-n2ccn(Cc3cnn(CC)c3)c2=O)c1F. The van der Waals surface area contributed by atoms with Gasteiger partial charge in [0, 0.05) is 49.5 Å². The van der Waals surface area contributed by atoms with Gasteiger partial charge in [-0.3, -0.25) is 13.8 Å². The number of aromatic nitrogens is 4. The second kappa shape index (κ2) is 8.47. The van der Waals surface area contributed by atoms with Crippen molar-refractivity contribution in [1.82, 2.24) is 18.9 Å². The predicted molar refractivity (Wildman–Crippen MR) is 114 cm³/mol. The molecule has 0 spiro atoms. The molecule has 0 saturated carbocycles. The van der Waals surface area contributed by atoms with Crippen molar-refractivity contribution >= 4 is 5.69 Å². The highest BCUT2D eigenvalue weighted by atomic mass is 19.1. The molecule has 1 fully saturated rings. The first kappa shape index (κ1) is 20.4. The minimum atomic E-state index is -0.346. The molecule has 3 heterocycles. The molecular weight excluding hydrogens is 385 g/mol. The second-order valence-corrected chi connectivity index (χ2v) is 7.70. The molecule has 160 valence electrons. The summed E-state index contributed by atoms with van der Waals surface area (Å²) >= 11 is 0. The molecule has 8 heteroatoms. The summed E-state index contributed by atoms with van der Waals surface area (Å²) in [6.07, 6.45) is 7.67. The maximum atomic E-state index is 15.2. The Bertz CT molecular complexity index is 1080. The zero-order valence-electron chi connectivity index (χ0n) is 17.7. The van der Waals surface area contributed by atoms with E-state index in [1.54, 1.807) is 29.2 Å². The van der Waals surface area contributed by atoms with Crippen LogP contribution in [0.4, 0.5) is 10.1 Å². The van der Waals surface area contributed by atoms with Crippen molar-refractivity contribution in [2.75, 3.05) is 24.6 Å². The Kier molecular flexibility index (Phi) is 5.76. The number of hydrogen-bond acceptors (Lipinski definition) is 4. The first-order valence-electron chi connectivity index (χ1n) is 10.5. The summed E-state index contributed by atoms with van der Waals surface area (Å²) < 4.78 is 25.6. The number of benzene rings is 1. The number of ether oxygens (including phenoxy) is 1. The number of hydrogen-bond donors (Lipinski definition) is 0. The van der Waals surface area contributed by atoms with Crippen molar-refractivity contribution in [2.24, 2.45) is 0 Å². The number of morpholine rings is 1. The topological polar surface area (TPSA) is 57.2 Å². The highest BCUT2D eigenvalue weighted by molar-refractivity contribution is 5.57. The van der Waals surface area contributed by atoms with Gasteiger partial charge in [0.15, 0.2) is 5.82 Å². The van der Waals surface area contributed by atoms with Gasteiger partial charge >= 0.3 is 5.69 Å². The lowest BCUT2D eigenvalue weighted by Gasteiger charge is -2.33. The standard InChI is InChI=1S/C22H28FN5O2/c1-4-18-10-19(25-8-9-30-16(3)13-25)11-20(21(18)23)28-7-6-26(22(28)29)14-17-12-24-27(5-2)15-17/h6-7,10-12,15-16H,4-5,8-9,13-14H2,1-3H3/t16-/m1/s1. The Hall–Kier alpha value is -2.87. The van der Waals surface area contributed by atoms with Crippen LogP contribution in [0.25, 0.3) is 5.69 Å². The molecule has 0 N–H and O–H groups in total. The number of aryl methyl sites for hydroxylation is 2. The van der Waals surface area contributed by atoms with Gasteiger partial charge < -0.3 is 9.64 Å². The van der Waals surface area contributed by atoms with E-state index >= 15 is 4.39 Å². The average Bonchev–Trinajstić information content (AvgIpc) is 3.35. The quantitative estimate of drug-likeness (QED) is 0.624. The molecule has 0 amide bonds. The molecule has 7 nitrogen and oxygen atoms in total. The van der Waals surface area contributed by atoms with Crippen LogP contribution in [0.2, 0.25) is 0 Å². The minimum Gasteiger partial charge on any atom is -0.375 e. The van der Waals surface area contributed by atoms with E-state index in [-0.39, 0.29) is 23.3 Å². The maximum Gasteiger partial charge on any atom is 0.333 e. The fourth-order valence-corrected chi connectivity index (χ4v) is 3.89. The van der Waals surface area contributed by atoms with Crippen LogP contribution in [0.3, 0.4) is 0 Å². The molecule has 1 aliphatic rings. The minimum absolute atomic E-state index is 0.116. The molecule has 1 aliphatic heterocycles. The van der Waals surface area contributed by atoms with Crippen LogP contribution in [-0.4, -0.2) is 44.7 Å². The third kappa shape index (κ3) is 3.92. The van der Waals surface area contributed by atoms with E-state index in [9.17, 15) is 4.79 Å². The van der Waals surface area contributed by atoms with E-state index in [4.69, 9.17) is 4.74 Å². The summed E-state index contributed by atoms with van der Waals surface area (Å²) in [7, 11) is 0. The summed E-state index contributed by atoms with van der Waals surface area (Å²) in [6.45, 7) is 9.26. The molecule has 0 bridgehead atoms. The van der Waals surface area contributed by atoms with Gasteiger partial charge in [-0.05, 0) is 38.0 Å². The lowest BCUT2D eigenvalue weighted by molar-refractivity contribution is 0.0532. The van der Waals surface area contributed by atoms with Crippen molar-refractivity contribution < 1.29 is 9.13 Å². The molecule has 0 unspecified atom stereocenters. The van der Waals surface area contributed by atoms with E-state index in [0.717, 1.165) is 30.9 Å². The summed E-state index contributed by atoms with van der Waals surface area (Å²) in [6, 6.07) is 3.66. The number of anilines is 1. The van der Waals surface area contributed by atoms with Gasteiger partial charge in [0.2, 0.25) is 0 Å². The monoisotopic (exact) mass is 413 g/mol. The number of halogens is 1. The smallest absolute Gasteiger partial charge is 0.333 e. The van der Waals surface area contributed by atoms with Crippen molar-refractivity contribution in [1.29, 1.82) is 0 Å². The summed E-state index contributed by atoms with van der Waals surface area (Å²) in [5, 5.41) is 4.25. The second-order valence-electron chi connectivity index (χ2n) is 7.70. The van der Waals surface area contributed by atoms with E-state index in [1.165, 1.54) is 4.57 Å². The fraction of sp³-hybridized carbons (Fsp3) is 0.455. The van der Waals surface area contributed by atoms with E-state index in [1.807, 2.05) is 37.7 Å². The fourth-order valence-electron chi connectivity index (χ4n) is 3.89. The van der Waals surface area contributed by atoms with Crippen LogP contribution in [0.5, 0.6) is 0 Å². The Balaban J connectivity index is 1.70. The highest BCUT2D eigenvalue weighted by Crippen LogP contribution is 2.27. The van der Waals surface area contributed by atoms with Crippen molar-refractivity contribution in [3.63, 3.8) is 0 Å². The maximum absolute atomic E-state index is 15.2. The summed E-state index contributed by atoms with van der Waals surface area (Å²) in [4.78, 5) is 15.2. The van der Waals surface area contributed by atoms with Crippen molar-refractivity contribution in [3.05, 3.63) is 64.3 Å². The van der Waals surface area contributed by atoms with Gasteiger partial charge in [-0.2, -0.15) is 5.10 Å². The van der Waals surface area contributed by atoms with Crippen molar-refractivity contribution in [2.45, 2.75) is 46.4 Å². The summed E-state index contributed by atoms with van der Waals surface area (Å²) in [5.74, 6) is -0.346. The van der Waals surface area contributed by atoms with E-state index < -0.39 is 0 Å². The largest absolute Gasteiger partial charge is 0.375 e. The number of nitrogens with zero attached hydrogens (tertiary/aromatic N) is 5. The van der Waals surface area contributed by atoms with Gasteiger partial charge in [-0.15, -0.1) is 0 Å². The first-order valence-corrected chi connectivity index (χ1v) is 10.5. The zero-order chi connectivity index (χ0) is 21.3. The molecule has 4 rings (SSSR count). The van der Waals surface area contributed by atoms with Gasteiger partial charge in [0.25, 0.3) is 0 Å². The predicted octanol–water partition coefficient (Wildman–Crippen LogP) is 2.83. The molecule has 1 saturated heterocycles. The Labute approximate surface area is 175 Å². The number of imidazole rings is 1. The van der Waals surface area contributed by atoms with Gasteiger partial charge in [-0.25, -0.2) is 9.18 Å². The van der Waals surface area contributed by atoms with Crippen LogP contribution >= 0.6 is 0 Å². The van der Waals surface area contributed by atoms with Gasteiger partial charge in [0.05, 0.1) is 31.1 Å². The first-order chi connectivity index (χ1) is 14.5. The van der Waals surface area contributed by atoms with Crippen LogP contribution in [-0.2, 0) is 24.2 Å². The van der Waals surface area contributed by atoms with Crippen molar-refractivity contribution in [3.8, 4) is 5.69 Å². The lowest BCUT2D eigenvalue weighted by atomic mass is 10.1. The van der Waals surface area contributed by atoms with E-state index in [2.05, 4.69) is 10.00 Å². The molecular formula is C22H28FN5O2. The number of rotatable bonds is 6. The average molecular weight is 413 g/mol. The summed E-state index contributed by atoms with van der Waals surface area (Å²) in [5.41, 5.74) is 2.47. The normalized spacial score (nSPS) is 16.9. The highest BCUT2D eigenvalue weighted by Gasteiger charge is 2.21. The molecule has 1 aromatic carbocycles. The third-order valence-corrected chi connectivity index (χ3v) is 5.57. The van der Waals surface area contributed by atoms with Crippen LogP contribution < -0.4 is 10.6 Å². The third-order valence-electron chi connectivity index (χ3n) is 5.57. The van der Waals surface area contributed by atoms with Crippen LogP contribution in [0.1, 0.15) is 31.9 Å². The molecule has 3 aromatic rings. The Morgan fingerprint density at radius 3 is 2.80 bits per heavy atom. The van der Waals surface area contributed by atoms with Crippen LogP contribution in [0, 0.1) is 5.82 Å². The van der Waals surface area contributed by atoms with Gasteiger partial charge in [0.1, 0.15) is 0 Å². The molecule has 30 heavy (non-hydrogen) atoms.